The van der Waals surface area contributed by atoms with Crippen LogP contribution in [0.1, 0.15) is 37.0 Å². The van der Waals surface area contributed by atoms with Crippen molar-refractivity contribution in [2.75, 3.05) is 6.61 Å². The van der Waals surface area contributed by atoms with E-state index in [1.165, 1.54) is 0 Å². The maximum atomic E-state index is 11.6. The standard InChI is InChI=1S/C13H16O4/c1-3-7-12(14)17-11-9-6-5-8-10(11)13(15)16-4-2/h5-6,8-9H,3-4,7H2,1-2H3. The summed E-state index contributed by atoms with van der Waals surface area (Å²) in [4.78, 5) is 23.0. The molecule has 0 unspecified atom stereocenters. The first kappa shape index (κ1) is 13.2. The molecule has 4 nitrogen and oxygen atoms in total. The van der Waals surface area contributed by atoms with Crippen molar-refractivity contribution < 1.29 is 19.1 Å². The summed E-state index contributed by atoms with van der Waals surface area (Å²) in [6, 6.07) is 6.56. The Kier molecular flexibility index (Phi) is 5.20. The predicted octanol–water partition coefficient (Wildman–Crippen LogP) is 2.57. The topological polar surface area (TPSA) is 52.6 Å². The number of ether oxygens (including phenoxy) is 2. The molecule has 1 aromatic rings. The van der Waals surface area contributed by atoms with Crippen LogP contribution in [0.4, 0.5) is 0 Å². The van der Waals surface area contributed by atoms with Crippen LogP contribution in [0.5, 0.6) is 5.75 Å². The van der Waals surface area contributed by atoms with Crippen LogP contribution in [0.3, 0.4) is 0 Å². The highest BCUT2D eigenvalue weighted by atomic mass is 16.5. The van der Waals surface area contributed by atoms with Crippen LogP contribution in [0.2, 0.25) is 0 Å². The highest BCUT2D eigenvalue weighted by molar-refractivity contribution is 5.93. The molecule has 92 valence electrons. The lowest BCUT2D eigenvalue weighted by molar-refractivity contribution is -0.134. The summed E-state index contributed by atoms with van der Waals surface area (Å²) < 4.78 is 9.99. The second-order valence-electron chi connectivity index (χ2n) is 3.44. The highest BCUT2D eigenvalue weighted by Crippen LogP contribution is 2.19. The van der Waals surface area contributed by atoms with Crippen molar-refractivity contribution in [3.05, 3.63) is 29.8 Å². The van der Waals surface area contributed by atoms with Crippen molar-refractivity contribution in [2.45, 2.75) is 26.7 Å². The van der Waals surface area contributed by atoms with E-state index in [2.05, 4.69) is 0 Å². The Balaban J connectivity index is 2.84. The number of benzene rings is 1. The Labute approximate surface area is 101 Å². The number of para-hydroxylation sites is 1. The van der Waals surface area contributed by atoms with Gasteiger partial charge < -0.3 is 9.47 Å². The molecule has 0 heterocycles. The maximum Gasteiger partial charge on any atom is 0.341 e. The SMILES string of the molecule is CCCC(=O)Oc1ccccc1C(=O)OCC. The summed E-state index contributed by atoms with van der Waals surface area (Å²) in [6.07, 6.45) is 1.04. The van der Waals surface area contributed by atoms with E-state index in [0.29, 0.717) is 12.8 Å². The minimum Gasteiger partial charge on any atom is -0.462 e. The zero-order chi connectivity index (χ0) is 12.7. The first-order valence-electron chi connectivity index (χ1n) is 5.65. The normalized spacial score (nSPS) is 9.76. The van der Waals surface area contributed by atoms with Gasteiger partial charge in [-0.05, 0) is 25.5 Å². The molecule has 0 radical (unpaired) electrons. The third-order valence-electron chi connectivity index (χ3n) is 2.06. The summed E-state index contributed by atoms with van der Waals surface area (Å²) in [5.41, 5.74) is 0.277. The maximum absolute atomic E-state index is 11.6. The van der Waals surface area contributed by atoms with Gasteiger partial charge in [0, 0.05) is 6.42 Å². The van der Waals surface area contributed by atoms with Crippen molar-refractivity contribution in [2.24, 2.45) is 0 Å². The Morgan fingerprint density at radius 2 is 1.88 bits per heavy atom. The summed E-state index contributed by atoms with van der Waals surface area (Å²) >= 11 is 0. The molecular weight excluding hydrogens is 220 g/mol. The molecule has 0 aliphatic carbocycles. The van der Waals surface area contributed by atoms with Gasteiger partial charge in [-0.15, -0.1) is 0 Å². The zero-order valence-corrected chi connectivity index (χ0v) is 10.1. The van der Waals surface area contributed by atoms with Gasteiger partial charge in [-0.1, -0.05) is 19.1 Å². The number of carbonyl (C=O) groups excluding carboxylic acids is 2. The fraction of sp³-hybridized carbons (Fsp3) is 0.385. The first-order valence-corrected chi connectivity index (χ1v) is 5.65. The average Bonchev–Trinajstić information content (AvgIpc) is 2.30. The quantitative estimate of drug-likeness (QED) is 0.582. The molecule has 4 heteroatoms. The molecule has 0 saturated carbocycles. The molecular formula is C13H16O4. The number of carbonyl (C=O) groups is 2. The monoisotopic (exact) mass is 236 g/mol. The smallest absolute Gasteiger partial charge is 0.341 e. The lowest BCUT2D eigenvalue weighted by Gasteiger charge is -2.08. The molecule has 0 atom stereocenters. The molecule has 0 aliphatic heterocycles. The second-order valence-corrected chi connectivity index (χ2v) is 3.44. The van der Waals surface area contributed by atoms with Crippen LogP contribution >= 0.6 is 0 Å². The number of hydrogen-bond donors (Lipinski definition) is 0. The van der Waals surface area contributed by atoms with Crippen LogP contribution in [-0.4, -0.2) is 18.5 Å². The van der Waals surface area contributed by atoms with E-state index in [0.717, 1.165) is 0 Å². The Morgan fingerprint density at radius 3 is 2.53 bits per heavy atom. The van der Waals surface area contributed by atoms with Gasteiger partial charge >= 0.3 is 11.9 Å². The van der Waals surface area contributed by atoms with Crippen LogP contribution in [0, 0.1) is 0 Å². The summed E-state index contributed by atoms with van der Waals surface area (Å²) in [5.74, 6) is -0.568. The van der Waals surface area contributed by atoms with Gasteiger partial charge in [-0.25, -0.2) is 4.79 Å². The van der Waals surface area contributed by atoms with Crippen molar-refractivity contribution in [3.63, 3.8) is 0 Å². The fourth-order valence-corrected chi connectivity index (χ4v) is 1.31. The minimum atomic E-state index is -0.479. The van der Waals surface area contributed by atoms with Crippen molar-refractivity contribution >= 4 is 11.9 Å². The number of esters is 2. The molecule has 0 aromatic heterocycles. The fourth-order valence-electron chi connectivity index (χ4n) is 1.31. The third-order valence-corrected chi connectivity index (χ3v) is 2.06. The Morgan fingerprint density at radius 1 is 1.18 bits per heavy atom. The van der Waals surface area contributed by atoms with Gasteiger partial charge in [-0.3, -0.25) is 4.79 Å². The van der Waals surface area contributed by atoms with Gasteiger partial charge in [0.1, 0.15) is 11.3 Å². The van der Waals surface area contributed by atoms with Crippen molar-refractivity contribution in [1.82, 2.24) is 0 Å². The van der Waals surface area contributed by atoms with Gasteiger partial charge in [0.2, 0.25) is 0 Å². The molecule has 0 amide bonds. The van der Waals surface area contributed by atoms with E-state index in [1.54, 1.807) is 31.2 Å². The molecule has 0 saturated heterocycles. The lowest BCUT2D eigenvalue weighted by atomic mass is 10.2. The van der Waals surface area contributed by atoms with Gasteiger partial charge in [-0.2, -0.15) is 0 Å². The first-order chi connectivity index (χ1) is 8.19. The highest BCUT2D eigenvalue weighted by Gasteiger charge is 2.15. The van der Waals surface area contributed by atoms with E-state index >= 15 is 0 Å². The lowest BCUT2D eigenvalue weighted by Crippen LogP contribution is -2.12. The van der Waals surface area contributed by atoms with Crippen molar-refractivity contribution in [3.8, 4) is 5.75 Å². The van der Waals surface area contributed by atoms with Gasteiger partial charge in [0.05, 0.1) is 6.61 Å². The molecule has 0 N–H and O–H groups in total. The molecule has 1 aromatic carbocycles. The Hall–Kier alpha value is -1.84. The minimum absolute atomic E-state index is 0.254. The summed E-state index contributed by atoms with van der Waals surface area (Å²) in [7, 11) is 0. The molecule has 0 fully saturated rings. The van der Waals surface area contributed by atoms with Crippen LogP contribution < -0.4 is 4.74 Å². The van der Waals surface area contributed by atoms with E-state index < -0.39 is 5.97 Å². The van der Waals surface area contributed by atoms with E-state index in [4.69, 9.17) is 9.47 Å². The molecule has 0 spiro atoms. The Bertz CT molecular complexity index is 398. The van der Waals surface area contributed by atoms with Crippen LogP contribution in [-0.2, 0) is 9.53 Å². The summed E-state index contributed by atoms with van der Waals surface area (Å²) in [5, 5.41) is 0. The predicted molar refractivity (Wildman–Crippen MR) is 62.9 cm³/mol. The largest absolute Gasteiger partial charge is 0.462 e. The van der Waals surface area contributed by atoms with Crippen LogP contribution in [0.15, 0.2) is 24.3 Å². The van der Waals surface area contributed by atoms with Gasteiger partial charge in [0.25, 0.3) is 0 Å². The number of rotatable bonds is 5. The second kappa shape index (κ2) is 6.68. The van der Waals surface area contributed by atoms with Gasteiger partial charge in [0.15, 0.2) is 0 Å². The average molecular weight is 236 g/mol. The number of hydrogen-bond acceptors (Lipinski definition) is 4. The van der Waals surface area contributed by atoms with E-state index in [1.807, 2.05) is 6.92 Å². The van der Waals surface area contributed by atoms with E-state index in [-0.39, 0.29) is 23.9 Å². The summed E-state index contributed by atoms with van der Waals surface area (Å²) in [6.45, 7) is 3.90. The third kappa shape index (κ3) is 3.90. The molecule has 1 rings (SSSR count). The van der Waals surface area contributed by atoms with Crippen molar-refractivity contribution in [1.29, 1.82) is 0 Å². The molecule has 17 heavy (non-hydrogen) atoms. The van der Waals surface area contributed by atoms with E-state index in [9.17, 15) is 9.59 Å². The van der Waals surface area contributed by atoms with Crippen LogP contribution in [0.25, 0.3) is 0 Å². The molecule has 0 bridgehead atoms. The zero-order valence-electron chi connectivity index (χ0n) is 10.1. The molecule has 0 aliphatic rings.